The van der Waals surface area contributed by atoms with Gasteiger partial charge in [-0.1, -0.05) is 6.07 Å². The monoisotopic (exact) mass is 368 g/mol. The third kappa shape index (κ3) is 3.52. The lowest BCUT2D eigenvalue weighted by molar-refractivity contribution is 0.291. The Labute approximate surface area is 154 Å². The van der Waals surface area contributed by atoms with Crippen LogP contribution < -0.4 is 10.1 Å². The van der Waals surface area contributed by atoms with Gasteiger partial charge in [0.15, 0.2) is 5.82 Å². The molecule has 1 saturated heterocycles. The first-order valence-corrected chi connectivity index (χ1v) is 9.34. The summed E-state index contributed by atoms with van der Waals surface area (Å²) in [6, 6.07) is 10.6. The molecule has 0 unspecified atom stereocenters. The Hall–Kier alpha value is -2.56. The largest absolute Gasteiger partial charge is 0.470 e. The quantitative estimate of drug-likeness (QED) is 0.759. The topological polar surface area (TPSA) is 70.8 Å². The number of halogens is 1. The molecule has 7 heteroatoms. The summed E-state index contributed by atoms with van der Waals surface area (Å²) in [5.41, 5.74) is 1.63. The fourth-order valence-electron chi connectivity index (χ4n) is 3.15. The minimum Gasteiger partial charge on any atom is -0.470 e. The summed E-state index contributed by atoms with van der Waals surface area (Å²) in [5, 5.41) is 13.0. The van der Waals surface area contributed by atoms with E-state index in [1.165, 1.54) is 17.4 Å². The van der Waals surface area contributed by atoms with Crippen molar-refractivity contribution < 1.29 is 9.13 Å². The Kier molecular flexibility index (Phi) is 4.78. The predicted octanol–water partition coefficient (Wildman–Crippen LogP) is 3.75. The van der Waals surface area contributed by atoms with Gasteiger partial charge in [0.05, 0.1) is 16.3 Å². The molecule has 3 aromatic rings. The van der Waals surface area contributed by atoms with E-state index in [0.29, 0.717) is 27.1 Å². The van der Waals surface area contributed by atoms with Gasteiger partial charge >= 0.3 is 0 Å². The molecule has 5 nitrogen and oxygen atoms in total. The third-order valence-corrected chi connectivity index (χ3v) is 5.44. The van der Waals surface area contributed by atoms with Crippen molar-refractivity contribution in [2.75, 3.05) is 13.1 Å². The van der Waals surface area contributed by atoms with E-state index in [-0.39, 0.29) is 12.1 Å². The third-order valence-electron chi connectivity index (χ3n) is 4.47. The smallest absolute Gasteiger partial charge is 0.213 e. The summed E-state index contributed by atoms with van der Waals surface area (Å²) in [5.74, 6) is 0.534. The van der Waals surface area contributed by atoms with Crippen LogP contribution in [0, 0.1) is 17.1 Å². The first-order valence-electron chi connectivity index (χ1n) is 8.52. The van der Waals surface area contributed by atoms with E-state index in [1.54, 1.807) is 6.07 Å². The highest BCUT2D eigenvalue weighted by atomic mass is 32.1. The average molecular weight is 368 g/mol. The van der Waals surface area contributed by atoms with Crippen LogP contribution in [0.15, 0.2) is 30.3 Å². The standard InChI is InChI=1S/C19H17FN4OS/c20-14-8-12(10-21)9-16-19(14)24-18(26-16)11-25-17-3-1-2-15(23-17)13-4-6-22-7-5-13/h1-3,8-9,13,22H,4-7,11H2. The van der Waals surface area contributed by atoms with Crippen LogP contribution in [0.4, 0.5) is 4.39 Å². The lowest BCUT2D eigenvalue weighted by atomic mass is 9.94. The number of nitrogens with zero attached hydrogens (tertiary/aromatic N) is 3. The molecule has 26 heavy (non-hydrogen) atoms. The zero-order chi connectivity index (χ0) is 17.9. The highest BCUT2D eigenvalue weighted by Gasteiger charge is 2.17. The van der Waals surface area contributed by atoms with E-state index < -0.39 is 5.82 Å². The molecule has 0 bridgehead atoms. The Balaban J connectivity index is 1.49. The zero-order valence-corrected chi connectivity index (χ0v) is 14.9. The van der Waals surface area contributed by atoms with Crippen LogP contribution in [-0.4, -0.2) is 23.1 Å². The minimum atomic E-state index is -0.479. The van der Waals surface area contributed by atoms with E-state index in [9.17, 15) is 4.39 Å². The van der Waals surface area contributed by atoms with Crippen molar-refractivity contribution in [2.24, 2.45) is 0 Å². The number of aromatic nitrogens is 2. The molecule has 0 spiro atoms. The lowest BCUT2D eigenvalue weighted by Gasteiger charge is -2.22. The number of thiazole rings is 1. The van der Waals surface area contributed by atoms with Gasteiger partial charge in [0.2, 0.25) is 5.88 Å². The normalized spacial score (nSPS) is 15.1. The number of nitrogens with one attached hydrogen (secondary N) is 1. The summed E-state index contributed by atoms with van der Waals surface area (Å²) < 4.78 is 20.4. The van der Waals surface area contributed by atoms with Gasteiger partial charge in [-0.2, -0.15) is 5.26 Å². The highest BCUT2D eigenvalue weighted by Crippen LogP contribution is 2.28. The summed E-state index contributed by atoms with van der Waals surface area (Å²) in [7, 11) is 0. The van der Waals surface area contributed by atoms with Crippen molar-refractivity contribution in [3.05, 3.63) is 52.4 Å². The maximum absolute atomic E-state index is 14.0. The van der Waals surface area contributed by atoms with Gasteiger partial charge in [0.25, 0.3) is 0 Å². The number of nitriles is 1. The first kappa shape index (κ1) is 16.9. The molecule has 1 aromatic carbocycles. The van der Waals surface area contributed by atoms with E-state index in [2.05, 4.69) is 15.3 Å². The van der Waals surface area contributed by atoms with Crippen LogP contribution in [0.25, 0.3) is 10.2 Å². The van der Waals surface area contributed by atoms with Crippen LogP contribution in [0.1, 0.15) is 35.0 Å². The van der Waals surface area contributed by atoms with E-state index in [1.807, 2.05) is 24.3 Å². The Morgan fingerprint density at radius 3 is 2.92 bits per heavy atom. The van der Waals surface area contributed by atoms with Crippen LogP contribution >= 0.6 is 11.3 Å². The molecule has 4 rings (SSSR count). The summed E-state index contributed by atoms with van der Waals surface area (Å²) >= 11 is 1.33. The number of hydrogen-bond acceptors (Lipinski definition) is 6. The number of ether oxygens (including phenoxy) is 1. The highest BCUT2D eigenvalue weighted by molar-refractivity contribution is 7.18. The minimum absolute atomic E-state index is 0.226. The van der Waals surface area contributed by atoms with Crippen molar-refractivity contribution in [3.63, 3.8) is 0 Å². The molecule has 3 heterocycles. The van der Waals surface area contributed by atoms with Gasteiger partial charge in [0.1, 0.15) is 17.1 Å². The molecule has 0 aliphatic carbocycles. The number of fused-ring (bicyclic) bond motifs is 1. The van der Waals surface area contributed by atoms with E-state index in [0.717, 1.165) is 31.6 Å². The Bertz CT molecular complexity index is 975. The van der Waals surface area contributed by atoms with E-state index in [4.69, 9.17) is 10.00 Å². The second-order valence-electron chi connectivity index (χ2n) is 6.24. The molecule has 1 aliphatic rings. The number of hydrogen-bond donors (Lipinski definition) is 1. The van der Waals surface area contributed by atoms with Crippen molar-refractivity contribution >= 4 is 21.6 Å². The van der Waals surface area contributed by atoms with Gasteiger partial charge in [-0.3, -0.25) is 0 Å². The second-order valence-corrected chi connectivity index (χ2v) is 7.35. The maximum Gasteiger partial charge on any atom is 0.213 e. The molecule has 0 amide bonds. The summed E-state index contributed by atoms with van der Waals surface area (Å²) in [6.45, 7) is 2.25. The van der Waals surface area contributed by atoms with Gasteiger partial charge in [-0.25, -0.2) is 14.4 Å². The van der Waals surface area contributed by atoms with Gasteiger partial charge in [0, 0.05) is 17.7 Å². The van der Waals surface area contributed by atoms with Crippen molar-refractivity contribution in [1.82, 2.24) is 15.3 Å². The zero-order valence-electron chi connectivity index (χ0n) is 14.0. The molecular weight excluding hydrogens is 351 g/mol. The molecule has 2 aromatic heterocycles. The van der Waals surface area contributed by atoms with Crippen LogP contribution in [0.2, 0.25) is 0 Å². The summed E-state index contributed by atoms with van der Waals surface area (Å²) in [4.78, 5) is 8.91. The number of pyridine rings is 1. The van der Waals surface area contributed by atoms with Gasteiger partial charge < -0.3 is 10.1 Å². The Morgan fingerprint density at radius 2 is 2.12 bits per heavy atom. The molecule has 1 aliphatic heterocycles. The van der Waals surface area contributed by atoms with Crippen molar-refractivity contribution in [2.45, 2.75) is 25.4 Å². The number of piperidine rings is 1. The second kappa shape index (κ2) is 7.36. The van der Waals surface area contributed by atoms with Crippen LogP contribution in [0.3, 0.4) is 0 Å². The predicted molar refractivity (Wildman–Crippen MR) is 97.7 cm³/mol. The SMILES string of the molecule is N#Cc1cc(F)c2nc(COc3cccc(C4CCNCC4)n3)sc2c1. The molecule has 132 valence electrons. The molecule has 1 N–H and O–H groups in total. The molecule has 0 atom stereocenters. The molecular formula is C19H17FN4OS. The summed E-state index contributed by atoms with van der Waals surface area (Å²) in [6.07, 6.45) is 2.16. The maximum atomic E-state index is 14.0. The van der Waals surface area contributed by atoms with Crippen molar-refractivity contribution in [1.29, 1.82) is 5.26 Å². The molecule has 0 saturated carbocycles. The fraction of sp³-hybridized carbons (Fsp3) is 0.316. The van der Waals surface area contributed by atoms with Crippen LogP contribution in [0.5, 0.6) is 5.88 Å². The average Bonchev–Trinajstić information content (AvgIpc) is 3.11. The first-order chi connectivity index (χ1) is 12.7. The number of rotatable bonds is 4. The molecule has 0 radical (unpaired) electrons. The van der Waals surface area contributed by atoms with Gasteiger partial charge in [-0.05, 0) is 44.1 Å². The fourth-order valence-corrected chi connectivity index (χ4v) is 4.09. The van der Waals surface area contributed by atoms with E-state index >= 15 is 0 Å². The number of benzene rings is 1. The van der Waals surface area contributed by atoms with Crippen LogP contribution in [-0.2, 0) is 6.61 Å². The molecule has 1 fully saturated rings. The Morgan fingerprint density at radius 1 is 1.27 bits per heavy atom. The van der Waals surface area contributed by atoms with Gasteiger partial charge in [-0.15, -0.1) is 11.3 Å². The lowest BCUT2D eigenvalue weighted by Crippen LogP contribution is -2.27. The van der Waals surface area contributed by atoms with Crippen molar-refractivity contribution in [3.8, 4) is 11.9 Å².